The number of hydrogen-bond acceptors (Lipinski definition) is 2. The largest absolute Gasteiger partial charge is 0.314 e. The van der Waals surface area contributed by atoms with Crippen molar-refractivity contribution in [2.45, 2.75) is 13.5 Å². The number of rotatable bonds is 2. The number of hydrogen-bond donors (Lipinski definition) is 1. The molecule has 1 aromatic rings. The number of aryl methyl sites for hydroxylation is 1. The van der Waals surface area contributed by atoms with Crippen LogP contribution in [0.2, 0.25) is 0 Å². The first kappa shape index (κ1) is 9.16. The van der Waals surface area contributed by atoms with Crippen molar-refractivity contribution in [1.82, 2.24) is 5.06 Å². The van der Waals surface area contributed by atoms with Gasteiger partial charge >= 0.3 is 0 Å². The Balaban J connectivity index is 2.86. The molecule has 0 aliphatic carbocycles. The maximum absolute atomic E-state index is 13.1. The van der Waals surface area contributed by atoms with E-state index in [4.69, 9.17) is 5.21 Å². The number of halogens is 1. The Morgan fingerprint density at radius 1 is 1.50 bits per heavy atom. The summed E-state index contributed by atoms with van der Waals surface area (Å²) >= 11 is 0. The number of nitrogens with zero attached hydrogens (tertiary/aromatic N) is 1. The van der Waals surface area contributed by atoms with Gasteiger partial charge < -0.3 is 5.21 Å². The summed E-state index contributed by atoms with van der Waals surface area (Å²) < 4.78 is 13.1. The molecule has 1 N–H and O–H groups in total. The van der Waals surface area contributed by atoms with E-state index in [2.05, 4.69) is 0 Å². The van der Waals surface area contributed by atoms with E-state index in [1.807, 2.05) is 13.0 Å². The van der Waals surface area contributed by atoms with E-state index in [-0.39, 0.29) is 12.4 Å². The summed E-state index contributed by atoms with van der Waals surface area (Å²) in [5.74, 6) is -0.268. The Bertz CT molecular complexity index is 273. The molecular formula is C9H12FNO. The Labute approximate surface area is 71.2 Å². The molecule has 0 heterocycles. The minimum Gasteiger partial charge on any atom is -0.314 e. The lowest BCUT2D eigenvalue weighted by molar-refractivity contribution is -0.0738. The van der Waals surface area contributed by atoms with E-state index in [0.717, 1.165) is 10.6 Å². The van der Waals surface area contributed by atoms with Crippen molar-refractivity contribution in [3.63, 3.8) is 0 Å². The second kappa shape index (κ2) is 3.65. The summed E-state index contributed by atoms with van der Waals surface area (Å²) in [6, 6.07) is 4.96. The third-order valence-corrected chi connectivity index (χ3v) is 1.61. The van der Waals surface area contributed by atoms with Gasteiger partial charge in [-0.3, -0.25) is 0 Å². The zero-order chi connectivity index (χ0) is 9.14. The Kier molecular flexibility index (Phi) is 2.78. The van der Waals surface area contributed by atoms with Crippen LogP contribution in [0, 0.1) is 12.7 Å². The van der Waals surface area contributed by atoms with E-state index in [1.165, 1.54) is 13.1 Å². The molecule has 2 nitrogen and oxygen atoms in total. The van der Waals surface area contributed by atoms with Crippen LogP contribution in [0.5, 0.6) is 0 Å². The fourth-order valence-electron chi connectivity index (χ4n) is 1.03. The third-order valence-electron chi connectivity index (χ3n) is 1.61. The molecular weight excluding hydrogens is 157 g/mol. The Hall–Kier alpha value is -0.930. The highest BCUT2D eigenvalue weighted by atomic mass is 19.1. The van der Waals surface area contributed by atoms with Crippen molar-refractivity contribution in [2.24, 2.45) is 0 Å². The van der Waals surface area contributed by atoms with Crippen LogP contribution in [0.3, 0.4) is 0 Å². The molecule has 1 aromatic carbocycles. The van der Waals surface area contributed by atoms with Crippen molar-refractivity contribution in [1.29, 1.82) is 0 Å². The van der Waals surface area contributed by atoms with Crippen molar-refractivity contribution in [3.05, 3.63) is 35.1 Å². The van der Waals surface area contributed by atoms with Gasteiger partial charge in [0.05, 0.1) is 6.54 Å². The molecule has 0 fully saturated rings. The van der Waals surface area contributed by atoms with Crippen LogP contribution in [0.4, 0.5) is 4.39 Å². The first-order valence-electron chi connectivity index (χ1n) is 3.74. The summed E-state index contributed by atoms with van der Waals surface area (Å²) in [6.07, 6.45) is 0. The number of hydroxylamine groups is 2. The fraction of sp³-hybridized carbons (Fsp3) is 0.333. The van der Waals surface area contributed by atoms with Crippen molar-refractivity contribution >= 4 is 0 Å². The van der Waals surface area contributed by atoms with Gasteiger partial charge in [-0.25, -0.2) is 4.39 Å². The normalized spacial score (nSPS) is 10.8. The fourth-order valence-corrected chi connectivity index (χ4v) is 1.03. The molecule has 0 aliphatic heterocycles. The van der Waals surface area contributed by atoms with E-state index in [0.29, 0.717) is 5.56 Å². The lowest BCUT2D eigenvalue weighted by Gasteiger charge is -2.08. The number of benzene rings is 1. The zero-order valence-corrected chi connectivity index (χ0v) is 7.21. The molecule has 0 saturated heterocycles. The average Bonchev–Trinajstić information content (AvgIpc) is 1.94. The van der Waals surface area contributed by atoms with Gasteiger partial charge in [0.2, 0.25) is 0 Å². The van der Waals surface area contributed by atoms with Crippen molar-refractivity contribution in [2.75, 3.05) is 7.05 Å². The molecule has 0 amide bonds. The van der Waals surface area contributed by atoms with Gasteiger partial charge in [-0.1, -0.05) is 12.1 Å². The molecule has 12 heavy (non-hydrogen) atoms. The maximum Gasteiger partial charge on any atom is 0.128 e. The molecule has 0 unspecified atom stereocenters. The molecule has 0 saturated carbocycles. The predicted molar refractivity (Wildman–Crippen MR) is 44.4 cm³/mol. The van der Waals surface area contributed by atoms with Gasteiger partial charge in [-0.15, -0.1) is 0 Å². The molecule has 66 valence electrons. The molecule has 0 spiro atoms. The first-order chi connectivity index (χ1) is 5.59. The molecule has 1 rings (SSSR count). The van der Waals surface area contributed by atoms with E-state index in [9.17, 15) is 4.39 Å². The van der Waals surface area contributed by atoms with Crippen molar-refractivity contribution in [3.8, 4) is 0 Å². The van der Waals surface area contributed by atoms with E-state index < -0.39 is 0 Å². The van der Waals surface area contributed by atoms with Gasteiger partial charge in [-0.2, -0.15) is 5.06 Å². The monoisotopic (exact) mass is 169 g/mol. The molecule has 0 aliphatic rings. The van der Waals surface area contributed by atoms with Crippen LogP contribution in [-0.2, 0) is 6.54 Å². The quantitative estimate of drug-likeness (QED) is 0.684. The SMILES string of the molecule is Cc1ccc(CN(C)O)c(F)c1. The van der Waals surface area contributed by atoms with Crippen LogP contribution >= 0.6 is 0 Å². The summed E-state index contributed by atoms with van der Waals surface area (Å²) in [5, 5.41) is 9.82. The van der Waals surface area contributed by atoms with Gasteiger partial charge in [0.15, 0.2) is 0 Å². The Morgan fingerprint density at radius 3 is 2.67 bits per heavy atom. The predicted octanol–water partition coefficient (Wildman–Crippen LogP) is 1.96. The third kappa shape index (κ3) is 2.29. The lowest BCUT2D eigenvalue weighted by atomic mass is 10.1. The average molecular weight is 169 g/mol. The van der Waals surface area contributed by atoms with E-state index in [1.54, 1.807) is 6.07 Å². The maximum atomic E-state index is 13.1. The van der Waals surface area contributed by atoms with Crippen LogP contribution < -0.4 is 0 Å². The van der Waals surface area contributed by atoms with Crippen LogP contribution in [0.25, 0.3) is 0 Å². The summed E-state index contributed by atoms with van der Waals surface area (Å²) in [7, 11) is 1.49. The van der Waals surface area contributed by atoms with Gasteiger partial charge in [0.25, 0.3) is 0 Å². The highest BCUT2D eigenvalue weighted by molar-refractivity contribution is 5.23. The molecule has 0 radical (unpaired) electrons. The molecule has 0 bridgehead atoms. The van der Waals surface area contributed by atoms with E-state index >= 15 is 0 Å². The lowest BCUT2D eigenvalue weighted by Crippen LogP contribution is -2.12. The topological polar surface area (TPSA) is 23.5 Å². The summed E-state index contributed by atoms with van der Waals surface area (Å²) in [5.41, 5.74) is 1.39. The van der Waals surface area contributed by atoms with Gasteiger partial charge in [0.1, 0.15) is 5.82 Å². The van der Waals surface area contributed by atoms with Crippen molar-refractivity contribution < 1.29 is 9.60 Å². The highest BCUT2D eigenvalue weighted by Gasteiger charge is 2.03. The van der Waals surface area contributed by atoms with Crippen LogP contribution in [0.15, 0.2) is 18.2 Å². The van der Waals surface area contributed by atoms with Crippen LogP contribution in [0.1, 0.15) is 11.1 Å². The highest BCUT2D eigenvalue weighted by Crippen LogP contribution is 2.10. The second-order valence-corrected chi connectivity index (χ2v) is 2.91. The smallest absolute Gasteiger partial charge is 0.128 e. The standard InChI is InChI=1S/C9H12FNO/c1-7-3-4-8(6-11(2)12)9(10)5-7/h3-5,12H,6H2,1-2H3. The summed E-state index contributed by atoms with van der Waals surface area (Å²) in [6.45, 7) is 2.04. The minimum atomic E-state index is -0.268. The second-order valence-electron chi connectivity index (χ2n) is 2.91. The minimum absolute atomic E-state index is 0.214. The zero-order valence-electron chi connectivity index (χ0n) is 7.21. The molecule has 0 atom stereocenters. The van der Waals surface area contributed by atoms with Gasteiger partial charge in [-0.05, 0) is 18.6 Å². The summed E-state index contributed by atoms with van der Waals surface area (Å²) in [4.78, 5) is 0. The van der Waals surface area contributed by atoms with Crippen LogP contribution in [-0.4, -0.2) is 17.3 Å². The van der Waals surface area contributed by atoms with Gasteiger partial charge in [0, 0.05) is 12.6 Å². The Morgan fingerprint density at radius 2 is 2.17 bits per heavy atom. The molecule has 0 aromatic heterocycles. The molecule has 3 heteroatoms. The first-order valence-corrected chi connectivity index (χ1v) is 3.74.